The number of nitrogens with zero attached hydrogens (tertiary/aromatic N) is 1. The van der Waals surface area contributed by atoms with E-state index in [0.717, 1.165) is 19.1 Å². The van der Waals surface area contributed by atoms with Crippen molar-refractivity contribution >= 4 is 0 Å². The molecule has 0 saturated carbocycles. The summed E-state index contributed by atoms with van der Waals surface area (Å²) < 4.78 is 5.54. The molecule has 2 nitrogen and oxygen atoms in total. The Labute approximate surface area is 69.5 Å². The molecule has 1 saturated heterocycles. The SMILES string of the molecule is CC(C)CN(C)C1CCCO1. The number of hydrogen-bond donors (Lipinski definition) is 0. The van der Waals surface area contributed by atoms with Crippen LogP contribution in [0.15, 0.2) is 0 Å². The van der Waals surface area contributed by atoms with E-state index < -0.39 is 0 Å². The van der Waals surface area contributed by atoms with Crippen LogP contribution in [0.5, 0.6) is 0 Å². The first-order chi connectivity index (χ1) is 5.20. The largest absolute Gasteiger partial charge is 0.363 e. The molecular weight excluding hydrogens is 138 g/mol. The van der Waals surface area contributed by atoms with Gasteiger partial charge in [0.15, 0.2) is 0 Å². The zero-order valence-electron chi connectivity index (χ0n) is 7.84. The number of hydrogen-bond acceptors (Lipinski definition) is 2. The molecular formula is C9H19NO. The lowest BCUT2D eigenvalue weighted by Crippen LogP contribution is -2.33. The fourth-order valence-electron chi connectivity index (χ4n) is 1.60. The summed E-state index contributed by atoms with van der Waals surface area (Å²) in [5.41, 5.74) is 0. The zero-order valence-corrected chi connectivity index (χ0v) is 7.84. The van der Waals surface area contributed by atoms with Gasteiger partial charge in [-0.3, -0.25) is 4.90 Å². The lowest BCUT2D eigenvalue weighted by molar-refractivity contribution is -0.00994. The summed E-state index contributed by atoms with van der Waals surface area (Å²) in [7, 11) is 2.15. The lowest BCUT2D eigenvalue weighted by Gasteiger charge is -2.24. The molecule has 1 rings (SSSR count). The maximum absolute atomic E-state index is 5.54. The molecule has 1 atom stereocenters. The fourth-order valence-corrected chi connectivity index (χ4v) is 1.60. The average Bonchev–Trinajstić information content (AvgIpc) is 2.35. The molecule has 0 aromatic carbocycles. The first-order valence-corrected chi connectivity index (χ1v) is 4.52. The fraction of sp³-hybridized carbons (Fsp3) is 1.00. The molecule has 2 heteroatoms. The smallest absolute Gasteiger partial charge is 0.110 e. The molecule has 1 aliphatic rings. The highest BCUT2D eigenvalue weighted by molar-refractivity contribution is 4.65. The van der Waals surface area contributed by atoms with Crippen molar-refractivity contribution in [3.8, 4) is 0 Å². The van der Waals surface area contributed by atoms with E-state index in [0.29, 0.717) is 6.23 Å². The standard InChI is InChI=1S/C9H19NO/c1-8(2)7-10(3)9-5-4-6-11-9/h8-9H,4-7H2,1-3H3. The van der Waals surface area contributed by atoms with Crippen molar-refractivity contribution in [2.45, 2.75) is 32.9 Å². The van der Waals surface area contributed by atoms with Crippen LogP contribution >= 0.6 is 0 Å². The van der Waals surface area contributed by atoms with Crippen LogP contribution in [0.2, 0.25) is 0 Å². The zero-order chi connectivity index (χ0) is 8.27. The van der Waals surface area contributed by atoms with Crippen LogP contribution in [0.1, 0.15) is 26.7 Å². The molecule has 0 bridgehead atoms. The normalized spacial score (nSPS) is 25.4. The second kappa shape index (κ2) is 4.07. The van der Waals surface area contributed by atoms with E-state index in [1.807, 2.05) is 0 Å². The molecule has 0 aromatic heterocycles. The lowest BCUT2D eigenvalue weighted by atomic mass is 10.2. The van der Waals surface area contributed by atoms with E-state index in [-0.39, 0.29) is 0 Å². The second-order valence-corrected chi connectivity index (χ2v) is 3.80. The molecule has 1 aliphatic heterocycles. The van der Waals surface area contributed by atoms with Gasteiger partial charge in [-0.15, -0.1) is 0 Å². The molecule has 0 spiro atoms. The Balaban J connectivity index is 2.22. The molecule has 0 radical (unpaired) electrons. The second-order valence-electron chi connectivity index (χ2n) is 3.80. The molecule has 0 aromatic rings. The maximum Gasteiger partial charge on any atom is 0.110 e. The highest BCUT2D eigenvalue weighted by Gasteiger charge is 2.20. The van der Waals surface area contributed by atoms with Gasteiger partial charge in [-0.05, 0) is 25.8 Å². The number of rotatable bonds is 3. The van der Waals surface area contributed by atoms with Crippen molar-refractivity contribution in [1.29, 1.82) is 0 Å². The minimum atomic E-state index is 0.400. The van der Waals surface area contributed by atoms with Crippen LogP contribution in [0.4, 0.5) is 0 Å². The van der Waals surface area contributed by atoms with Gasteiger partial charge in [0.2, 0.25) is 0 Å². The molecule has 1 unspecified atom stereocenters. The Morgan fingerprint density at radius 3 is 2.73 bits per heavy atom. The predicted molar refractivity (Wildman–Crippen MR) is 46.4 cm³/mol. The van der Waals surface area contributed by atoms with E-state index in [2.05, 4.69) is 25.8 Å². The van der Waals surface area contributed by atoms with Gasteiger partial charge >= 0.3 is 0 Å². The summed E-state index contributed by atoms with van der Waals surface area (Å²) >= 11 is 0. The van der Waals surface area contributed by atoms with Gasteiger partial charge < -0.3 is 4.74 Å². The first kappa shape index (κ1) is 9.01. The topological polar surface area (TPSA) is 12.5 Å². The summed E-state index contributed by atoms with van der Waals surface area (Å²) in [5.74, 6) is 0.740. The minimum Gasteiger partial charge on any atom is -0.363 e. The molecule has 0 aliphatic carbocycles. The highest BCUT2D eigenvalue weighted by Crippen LogP contribution is 2.15. The van der Waals surface area contributed by atoms with Gasteiger partial charge in [-0.25, -0.2) is 0 Å². The van der Waals surface area contributed by atoms with Crippen LogP contribution < -0.4 is 0 Å². The third kappa shape index (κ3) is 2.80. The number of ether oxygens (including phenoxy) is 1. The van der Waals surface area contributed by atoms with Crippen molar-refractivity contribution in [3.05, 3.63) is 0 Å². The Morgan fingerprint density at radius 1 is 1.55 bits per heavy atom. The Kier molecular flexibility index (Phi) is 3.34. The Morgan fingerprint density at radius 2 is 2.27 bits per heavy atom. The van der Waals surface area contributed by atoms with Crippen molar-refractivity contribution in [2.24, 2.45) is 5.92 Å². The van der Waals surface area contributed by atoms with E-state index in [1.165, 1.54) is 12.8 Å². The van der Waals surface area contributed by atoms with Crippen molar-refractivity contribution in [1.82, 2.24) is 4.90 Å². The third-order valence-electron chi connectivity index (χ3n) is 2.05. The van der Waals surface area contributed by atoms with Crippen molar-refractivity contribution in [2.75, 3.05) is 20.2 Å². The van der Waals surface area contributed by atoms with Crippen LogP contribution in [0.25, 0.3) is 0 Å². The highest BCUT2D eigenvalue weighted by atomic mass is 16.5. The van der Waals surface area contributed by atoms with Gasteiger partial charge in [-0.1, -0.05) is 13.8 Å². The van der Waals surface area contributed by atoms with E-state index in [4.69, 9.17) is 4.74 Å². The van der Waals surface area contributed by atoms with Crippen molar-refractivity contribution in [3.63, 3.8) is 0 Å². The summed E-state index contributed by atoms with van der Waals surface area (Å²) in [6.45, 7) is 6.58. The summed E-state index contributed by atoms with van der Waals surface area (Å²) in [6, 6.07) is 0. The third-order valence-corrected chi connectivity index (χ3v) is 2.05. The quantitative estimate of drug-likeness (QED) is 0.618. The van der Waals surface area contributed by atoms with Gasteiger partial charge in [0.1, 0.15) is 6.23 Å². The molecule has 0 N–H and O–H groups in total. The molecule has 0 amide bonds. The van der Waals surface area contributed by atoms with Crippen LogP contribution in [0, 0.1) is 5.92 Å². The van der Waals surface area contributed by atoms with E-state index in [9.17, 15) is 0 Å². The first-order valence-electron chi connectivity index (χ1n) is 4.52. The van der Waals surface area contributed by atoms with Gasteiger partial charge in [-0.2, -0.15) is 0 Å². The molecule has 1 fully saturated rings. The van der Waals surface area contributed by atoms with Crippen molar-refractivity contribution < 1.29 is 4.74 Å². The van der Waals surface area contributed by atoms with E-state index >= 15 is 0 Å². The van der Waals surface area contributed by atoms with Crippen LogP contribution in [-0.4, -0.2) is 31.3 Å². The van der Waals surface area contributed by atoms with Gasteiger partial charge in [0.05, 0.1) is 0 Å². The van der Waals surface area contributed by atoms with Gasteiger partial charge in [0.25, 0.3) is 0 Å². The molecule has 11 heavy (non-hydrogen) atoms. The Hall–Kier alpha value is -0.0800. The van der Waals surface area contributed by atoms with Crippen LogP contribution in [-0.2, 0) is 4.74 Å². The maximum atomic E-state index is 5.54. The minimum absolute atomic E-state index is 0.400. The monoisotopic (exact) mass is 157 g/mol. The van der Waals surface area contributed by atoms with E-state index in [1.54, 1.807) is 0 Å². The predicted octanol–water partition coefficient (Wildman–Crippen LogP) is 1.71. The summed E-state index contributed by atoms with van der Waals surface area (Å²) in [6.07, 6.45) is 2.84. The molecule has 1 heterocycles. The molecule has 66 valence electrons. The summed E-state index contributed by atoms with van der Waals surface area (Å²) in [4.78, 5) is 2.32. The Bertz CT molecular complexity index is 108. The van der Waals surface area contributed by atoms with Crippen LogP contribution in [0.3, 0.4) is 0 Å². The summed E-state index contributed by atoms with van der Waals surface area (Å²) in [5, 5.41) is 0. The average molecular weight is 157 g/mol. The van der Waals surface area contributed by atoms with Gasteiger partial charge in [0, 0.05) is 13.2 Å².